The summed E-state index contributed by atoms with van der Waals surface area (Å²) in [6.45, 7) is 12.9. The van der Waals surface area contributed by atoms with Gasteiger partial charge in [0.15, 0.2) is 0 Å². The van der Waals surface area contributed by atoms with Gasteiger partial charge in [0.05, 0.1) is 0 Å². The summed E-state index contributed by atoms with van der Waals surface area (Å²) in [7, 11) is 0. The third kappa shape index (κ3) is 4.83. The Morgan fingerprint density at radius 3 is 2.24 bits per heavy atom. The van der Waals surface area contributed by atoms with Gasteiger partial charge in [0, 0.05) is 45.8 Å². The first-order valence-electron chi connectivity index (χ1n) is 7.93. The zero-order chi connectivity index (χ0) is 15.2. The number of hydrogen-bond acceptors (Lipinski definition) is 3. The molecule has 1 fully saturated rings. The van der Waals surface area contributed by atoms with Crippen LogP contribution in [0.25, 0.3) is 0 Å². The molecule has 21 heavy (non-hydrogen) atoms. The van der Waals surface area contributed by atoms with Gasteiger partial charge in [0.2, 0.25) is 0 Å². The largest absolute Gasteiger partial charge is 0.350 e. The van der Waals surface area contributed by atoms with E-state index in [4.69, 9.17) is 0 Å². The summed E-state index contributed by atoms with van der Waals surface area (Å²) >= 11 is 0. The van der Waals surface area contributed by atoms with Crippen LogP contribution in [0.1, 0.15) is 38.1 Å². The van der Waals surface area contributed by atoms with Crippen molar-refractivity contribution >= 4 is 5.91 Å². The van der Waals surface area contributed by atoms with Crippen LogP contribution in [0.4, 0.5) is 0 Å². The van der Waals surface area contributed by atoms with Gasteiger partial charge in [0.1, 0.15) is 0 Å². The van der Waals surface area contributed by atoms with Crippen LogP contribution in [-0.2, 0) is 6.54 Å². The first-order chi connectivity index (χ1) is 10.1. The highest BCUT2D eigenvalue weighted by atomic mass is 16.1. The van der Waals surface area contributed by atoms with Crippen LogP contribution in [0.3, 0.4) is 0 Å². The molecule has 4 heteroatoms. The summed E-state index contributed by atoms with van der Waals surface area (Å²) in [6, 6.07) is 8.17. The van der Waals surface area contributed by atoms with E-state index in [1.54, 1.807) is 0 Å². The molecule has 0 spiro atoms. The van der Waals surface area contributed by atoms with Crippen molar-refractivity contribution in [1.82, 2.24) is 15.1 Å². The second-order valence-corrected chi connectivity index (χ2v) is 6.04. The number of rotatable bonds is 5. The van der Waals surface area contributed by atoms with E-state index >= 15 is 0 Å². The molecule has 1 aliphatic heterocycles. The van der Waals surface area contributed by atoms with Crippen molar-refractivity contribution < 1.29 is 6.22 Å². The Labute approximate surface area is 129 Å². The van der Waals surface area contributed by atoms with Crippen molar-refractivity contribution in [3.05, 3.63) is 35.4 Å². The molecule has 0 saturated carbocycles. The Balaban J connectivity index is 0.00000242. The number of carbonyl (C=O) groups is 1. The molecule has 0 unspecified atom stereocenters. The topological polar surface area (TPSA) is 35.6 Å². The number of benzene rings is 1. The fourth-order valence-corrected chi connectivity index (χ4v) is 2.63. The highest BCUT2D eigenvalue weighted by molar-refractivity contribution is 5.94. The molecule has 0 bridgehead atoms. The minimum absolute atomic E-state index is 0. The molecule has 1 aliphatic rings. The molecule has 0 aromatic heterocycles. The van der Waals surface area contributed by atoms with Crippen molar-refractivity contribution in [2.24, 2.45) is 0 Å². The van der Waals surface area contributed by atoms with E-state index in [9.17, 15) is 4.79 Å². The second-order valence-electron chi connectivity index (χ2n) is 6.04. The van der Waals surface area contributed by atoms with Crippen LogP contribution in [0.2, 0.25) is 0 Å². The predicted octanol–water partition coefficient (Wildman–Crippen LogP) is 2.21. The number of nitrogens with one attached hydrogen (secondary N) is 1. The highest BCUT2D eigenvalue weighted by Gasteiger charge is 2.15. The van der Waals surface area contributed by atoms with Crippen LogP contribution >= 0.6 is 0 Å². The van der Waals surface area contributed by atoms with E-state index in [0.717, 1.165) is 44.8 Å². The van der Waals surface area contributed by atoms with Crippen LogP contribution in [0.5, 0.6) is 0 Å². The molecule has 118 valence electrons. The van der Waals surface area contributed by atoms with Crippen LogP contribution in [0, 0.1) is 0 Å². The summed E-state index contributed by atoms with van der Waals surface area (Å²) in [4.78, 5) is 16.9. The second kappa shape index (κ2) is 7.57. The minimum Gasteiger partial charge on any atom is -0.350 e. The average Bonchev–Trinajstić information content (AvgIpc) is 2.48. The van der Waals surface area contributed by atoms with E-state index in [2.05, 4.69) is 34.2 Å². The molecule has 0 atom stereocenters. The van der Waals surface area contributed by atoms with Gasteiger partial charge in [-0.25, -0.2) is 0 Å². The van der Waals surface area contributed by atoms with Gasteiger partial charge in [0.25, 0.3) is 5.91 Å². The van der Waals surface area contributed by atoms with Crippen molar-refractivity contribution in [1.29, 1.82) is 0 Å². The van der Waals surface area contributed by atoms with Crippen molar-refractivity contribution in [3.63, 3.8) is 0 Å². The maximum atomic E-state index is 11.9. The number of piperazine rings is 1. The van der Waals surface area contributed by atoms with Gasteiger partial charge in [-0.2, -0.15) is 0 Å². The normalized spacial score (nSPS) is 17.1. The van der Waals surface area contributed by atoms with E-state index in [1.807, 2.05) is 26.0 Å². The van der Waals surface area contributed by atoms with Gasteiger partial charge < -0.3 is 10.2 Å². The molecule has 2 rings (SSSR count). The third-order valence-electron chi connectivity index (χ3n) is 3.95. The molecule has 1 aromatic carbocycles. The van der Waals surface area contributed by atoms with Gasteiger partial charge in [-0.3, -0.25) is 9.69 Å². The molecule has 1 amide bonds. The fraction of sp³-hybridized carbons (Fsp3) is 0.588. The molecule has 4 nitrogen and oxygen atoms in total. The summed E-state index contributed by atoms with van der Waals surface area (Å²) in [5.74, 6) is 0.00751. The zero-order valence-corrected chi connectivity index (χ0v) is 13.4. The SMILES string of the molecule is CCN1CCN(Cc2ccc(C(=O)NC(C)C)cc2)CC1.[HH]. The first kappa shape index (κ1) is 16.0. The Hall–Kier alpha value is -1.39. The molecular formula is C17H29N3O. The Kier molecular flexibility index (Phi) is 5.76. The number of carbonyl (C=O) groups excluding carboxylic acids is 1. The predicted molar refractivity (Wildman–Crippen MR) is 88.5 cm³/mol. The van der Waals surface area contributed by atoms with Gasteiger partial charge in [-0.15, -0.1) is 0 Å². The lowest BCUT2D eigenvalue weighted by molar-refractivity contribution is 0.0943. The lowest BCUT2D eigenvalue weighted by atomic mass is 10.1. The number of likely N-dealkylation sites (N-methyl/N-ethyl adjacent to an activating group) is 1. The number of amides is 1. The third-order valence-corrected chi connectivity index (χ3v) is 3.95. The van der Waals surface area contributed by atoms with Crippen molar-refractivity contribution in [2.45, 2.75) is 33.4 Å². The summed E-state index contributed by atoms with van der Waals surface area (Å²) < 4.78 is 0. The molecule has 1 saturated heterocycles. The molecular weight excluding hydrogens is 262 g/mol. The van der Waals surface area contributed by atoms with Gasteiger partial charge in [-0.1, -0.05) is 19.1 Å². The minimum atomic E-state index is 0. The summed E-state index contributed by atoms with van der Waals surface area (Å²) in [6.07, 6.45) is 0. The number of nitrogens with zero attached hydrogens (tertiary/aromatic N) is 2. The van der Waals surface area contributed by atoms with Crippen LogP contribution in [-0.4, -0.2) is 54.5 Å². The Morgan fingerprint density at radius 1 is 1.14 bits per heavy atom. The molecule has 0 aliphatic carbocycles. The van der Waals surface area contributed by atoms with Crippen LogP contribution in [0.15, 0.2) is 24.3 Å². The zero-order valence-electron chi connectivity index (χ0n) is 13.4. The highest BCUT2D eigenvalue weighted by Crippen LogP contribution is 2.10. The number of hydrogen-bond donors (Lipinski definition) is 1. The Bertz CT molecular complexity index is 453. The quantitative estimate of drug-likeness (QED) is 0.903. The van der Waals surface area contributed by atoms with E-state index in [1.165, 1.54) is 5.56 Å². The first-order valence-corrected chi connectivity index (χ1v) is 7.93. The lowest BCUT2D eigenvalue weighted by Gasteiger charge is -2.34. The molecule has 0 radical (unpaired) electrons. The van der Waals surface area contributed by atoms with E-state index in [-0.39, 0.29) is 13.4 Å². The maximum Gasteiger partial charge on any atom is 0.251 e. The van der Waals surface area contributed by atoms with Gasteiger partial charge >= 0.3 is 0 Å². The molecule has 1 heterocycles. The summed E-state index contributed by atoms with van der Waals surface area (Å²) in [5, 5.41) is 2.92. The molecule has 1 N–H and O–H groups in total. The van der Waals surface area contributed by atoms with Crippen molar-refractivity contribution in [2.75, 3.05) is 32.7 Å². The van der Waals surface area contributed by atoms with Crippen LogP contribution < -0.4 is 5.32 Å². The fourth-order valence-electron chi connectivity index (χ4n) is 2.63. The van der Waals surface area contributed by atoms with E-state index in [0.29, 0.717) is 0 Å². The maximum absolute atomic E-state index is 11.9. The standard InChI is InChI=1S/C17H27N3O.H2/c1-4-19-9-11-20(12-10-19)13-15-5-7-16(8-6-15)17(21)18-14(2)3;/h5-8,14H,4,9-13H2,1-3H3,(H,18,21);1H. The van der Waals surface area contributed by atoms with Crippen molar-refractivity contribution in [3.8, 4) is 0 Å². The lowest BCUT2D eigenvalue weighted by Crippen LogP contribution is -2.45. The monoisotopic (exact) mass is 291 g/mol. The molecule has 1 aromatic rings. The Morgan fingerprint density at radius 2 is 1.71 bits per heavy atom. The average molecular weight is 291 g/mol. The van der Waals surface area contributed by atoms with Gasteiger partial charge in [-0.05, 0) is 38.1 Å². The smallest absolute Gasteiger partial charge is 0.251 e. The van der Waals surface area contributed by atoms with E-state index < -0.39 is 0 Å². The summed E-state index contributed by atoms with van der Waals surface area (Å²) in [5.41, 5.74) is 2.02.